The third kappa shape index (κ3) is 2.89. The van der Waals surface area contributed by atoms with Crippen molar-refractivity contribution in [2.24, 2.45) is 0 Å². The highest BCUT2D eigenvalue weighted by Gasteiger charge is 1.88. The Morgan fingerprint density at radius 2 is 1.80 bits per heavy atom. The van der Waals surface area contributed by atoms with E-state index < -0.39 is 0 Å². The number of halogens is 1. The van der Waals surface area contributed by atoms with Crippen LogP contribution in [0.4, 0.5) is 0 Å². The van der Waals surface area contributed by atoms with E-state index in [1.165, 1.54) is 6.33 Å². The minimum atomic E-state index is 0.745. The molecule has 0 aliphatic carbocycles. The fraction of sp³-hybridized carbons (Fsp3) is 0. The maximum atomic E-state index is 5.78. The van der Waals surface area contributed by atoms with Crippen LogP contribution >= 0.6 is 11.6 Å². The standard InChI is InChI=1S/C12H9ClN2/c13-11-4-1-10(2-5-11)3-6-12-7-8-14-9-15-12/h1-9H/b6-3+. The van der Waals surface area contributed by atoms with Crippen molar-refractivity contribution in [3.05, 3.63) is 59.1 Å². The molecule has 1 heterocycles. The average molecular weight is 217 g/mol. The molecule has 1 aromatic carbocycles. The lowest BCUT2D eigenvalue weighted by Crippen LogP contribution is -1.79. The zero-order valence-corrected chi connectivity index (χ0v) is 8.72. The molecule has 0 spiro atoms. The minimum absolute atomic E-state index is 0.745. The van der Waals surface area contributed by atoms with Gasteiger partial charge in [-0.25, -0.2) is 9.97 Å². The van der Waals surface area contributed by atoms with Crippen molar-refractivity contribution < 1.29 is 0 Å². The largest absolute Gasteiger partial charge is 0.245 e. The predicted octanol–water partition coefficient (Wildman–Crippen LogP) is 3.30. The topological polar surface area (TPSA) is 25.8 Å². The van der Waals surface area contributed by atoms with E-state index in [0.29, 0.717) is 0 Å². The van der Waals surface area contributed by atoms with Crippen molar-refractivity contribution in [3.8, 4) is 0 Å². The third-order valence-electron chi connectivity index (χ3n) is 1.92. The van der Waals surface area contributed by atoms with Crippen LogP contribution in [-0.4, -0.2) is 9.97 Å². The van der Waals surface area contributed by atoms with Gasteiger partial charge in [0.2, 0.25) is 0 Å². The van der Waals surface area contributed by atoms with Gasteiger partial charge in [0.1, 0.15) is 6.33 Å². The van der Waals surface area contributed by atoms with Crippen molar-refractivity contribution in [3.63, 3.8) is 0 Å². The molecule has 15 heavy (non-hydrogen) atoms. The van der Waals surface area contributed by atoms with E-state index in [9.17, 15) is 0 Å². The summed E-state index contributed by atoms with van der Waals surface area (Å²) >= 11 is 5.78. The zero-order chi connectivity index (χ0) is 10.5. The van der Waals surface area contributed by atoms with Crippen LogP contribution in [0, 0.1) is 0 Å². The number of hydrogen-bond acceptors (Lipinski definition) is 2. The van der Waals surface area contributed by atoms with Gasteiger partial charge in [0.15, 0.2) is 0 Å². The summed E-state index contributed by atoms with van der Waals surface area (Å²) in [6.45, 7) is 0. The summed E-state index contributed by atoms with van der Waals surface area (Å²) in [4.78, 5) is 7.94. The van der Waals surface area contributed by atoms with Gasteiger partial charge in [0.05, 0.1) is 5.69 Å². The van der Waals surface area contributed by atoms with Crippen LogP contribution in [-0.2, 0) is 0 Å². The van der Waals surface area contributed by atoms with Gasteiger partial charge in [-0.1, -0.05) is 29.8 Å². The molecule has 0 aliphatic heterocycles. The molecule has 0 N–H and O–H groups in total. The van der Waals surface area contributed by atoms with Crippen LogP contribution in [0.2, 0.25) is 5.02 Å². The molecule has 0 radical (unpaired) electrons. The van der Waals surface area contributed by atoms with Crippen LogP contribution in [0.25, 0.3) is 12.2 Å². The highest BCUT2D eigenvalue weighted by atomic mass is 35.5. The summed E-state index contributed by atoms with van der Waals surface area (Å²) in [6.07, 6.45) is 7.17. The van der Waals surface area contributed by atoms with Crippen molar-refractivity contribution in [2.75, 3.05) is 0 Å². The van der Waals surface area contributed by atoms with Crippen molar-refractivity contribution >= 4 is 23.8 Å². The molecular weight excluding hydrogens is 208 g/mol. The summed E-state index contributed by atoms with van der Waals surface area (Å²) in [5, 5.41) is 0.745. The average Bonchev–Trinajstić information content (AvgIpc) is 2.30. The maximum absolute atomic E-state index is 5.78. The van der Waals surface area contributed by atoms with Gasteiger partial charge in [-0.05, 0) is 29.8 Å². The molecule has 3 heteroatoms. The lowest BCUT2D eigenvalue weighted by Gasteiger charge is -1.93. The first-order valence-corrected chi connectivity index (χ1v) is 4.92. The normalized spacial score (nSPS) is 10.7. The Morgan fingerprint density at radius 1 is 1.00 bits per heavy atom. The molecule has 0 bridgehead atoms. The zero-order valence-electron chi connectivity index (χ0n) is 7.97. The molecule has 0 saturated carbocycles. The van der Waals surface area contributed by atoms with Gasteiger partial charge in [-0.2, -0.15) is 0 Å². The fourth-order valence-corrected chi connectivity index (χ4v) is 1.28. The second-order valence-corrected chi connectivity index (χ2v) is 3.46. The van der Waals surface area contributed by atoms with E-state index in [2.05, 4.69) is 9.97 Å². The number of rotatable bonds is 2. The minimum Gasteiger partial charge on any atom is -0.245 e. The van der Waals surface area contributed by atoms with Crippen LogP contribution < -0.4 is 0 Å². The van der Waals surface area contributed by atoms with Crippen LogP contribution in [0.5, 0.6) is 0 Å². The second kappa shape index (κ2) is 4.71. The first-order chi connectivity index (χ1) is 7.34. The van der Waals surface area contributed by atoms with E-state index in [1.54, 1.807) is 6.20 Å². The monoisotopic (exact) mass is 216 g/mol. The molecule has 0 unspecified atom stereocenters. The highest BCUT2D eigenvalue weighted by Crippen LogP contribution is 2.11. The van der Waals surface area contributed by atoms with Crippen LogP contribution in [0.1, 0.15) is 11.3 Å². The van der Waals surface area contributed by atoms with E-state index in [4.69, 9.17) is 11.6 Å². The van der Waals surface area contributed by atoms with Gasteiger partial charge in [0.25, 0.3) is 0 Å². The van der Waals surface area contributed by atoms with E-state index in [0.717, 1.165) is 16.3 Å². The molecule has 2 rings (SSSR count). The van der Waals surface area contributed by atoms with Crippen LogP contribution in [0.3, 0.4) is 0 Å². The Labute approximate surface area is 93.3 Å². The first-order valence-electron chi connectivity index (χ1n) is 4.54. The number of hydrogen-bond donors (Lipinski definition) is 0. The Hall–Kier alpha value is -1.67. The van der Waals surface area contributed by atoms with Gasteiger partial charge in [-0.3, -0.25) is 0 Å². The molecular formula is C12H9ClN2. The van der Waals surface area contributed by atoms with Crippen molar-refractivity contribution in [2.45, 2.75) is 0 Å². The summed E-state index contributed by atoms with van der Waals surface area (Å²) < 4.78 is 0. The quantitative estimate of drug-likeness (QED) is 0.770. The van der Waals surface area contributed by atoms with Gasteiger partial charge >= 0.3 is 0 Å². The summed E-state index contributed by atoms with van der Waals surface area (Å²) in [5.74, 6) is 0. The maximum Gasteiger partial charge on any atom is 0.115 e. The highest BCUT2D eigenvalue weighted by molar-refractivity contribution is 6.30. The van der Waals surface area contributed by atoms with Gasteiger partial charge in [-0.15, -0.1) is 0 Å². The van der Waals surface area contributed by atoms with Crippen LogP contribution in [0.15, 0.2) is 42.9 Å². The Balaban J connectivity index is 2.15. The molecule has 0 aliphatic rings. The predicted molar refractivity (Wildman–Crippen MR) is 62.4 cm³/mol. The Bertz CT molecular complexity index is 449. The van der Waals surface area contributed by atoms with Gasteiger partial charge < -0.3 is 0 Å². The molecule has 0 saturated heterocycles. The Morgan fingerprint density at radius 3 is 2.47 bits per heavy atom. The molecule has 0 amide bonds. The lowest BCUT2D eigenvalue weighted by atomic mass is 10.2. The smallest absolute Gasteiger partial charge is 0.115 e. The number of aromatic nitrogens is 2. The molecule has 1 aromatic heterocycles. The molecule has 2 aromatic rings. The third-order valence-corrected chi connectivity index (χ3v) is 2.17. The second-order valence-electron chi connectivity index (χ2n) is 3.02. The molecule has 0 fully saturated rings. The Kier molecular flexibility index (Phi) is 3.10. The number of benzene rings is 1. The summed E-state index contributed by atoms with van der Waals surface area (Å²) in [5.41, 5.74) is 1.98. The lowest BCUT2D eigenvalue weighted by molar-refractivity contribution is 1.15. The van der Waals surface area contributed by atoms with Crippen molar-refractivity contribution in [1.82, 2.24) is 9.97 Å². The van der Waals surface area contributed by atoms with E-state index in [-0.39, 0.29) is 0 Å². The van der Waals surface area contributed by atoms with E-state index >= 15 is 0 Å². The molecule has 74 valence electrons. The number of nitrogens with zero attached hydrogens (tertiary/aromatic N) is 2. The van der Waals surface area contributed by atoms with Crippen molar-refractivity contribution in [1.29, 1.82) is 0 Å². The first kappa shape index (κ1) is 9.87. The molecule has 0 atom stereocenters. The SMILES string of the molecule is Clc1ccc(/C=C/c2ccncn2)cc1. The molecule has 2 nitrogen and oxygen atoms in total. The summed E-state index contributed by atoms with van der Waals surface area (Å²) in [7, 11) is 0. The fourth-order valence-electron chi connectivity index (χ4n) is 1.16. The van der Waals surface area contributed by atoms with Gasteiger partial charge in [0, 0.05) is 11.2 Å². The van der Waals surface area contributed by atoms with E-state index in [1.807, 2.05) is 42.5 Å². The summed E-state index contributed by atoms with van der Waals surface area (Å²) in [6, 6.07) is 9.49.